The van der Waals surface area contributed by atoms with Gasteiger partial charge in [0.05, 0.1) is 55.4 Å². The van der Waals surface area contributed by atoms with Crippen LogP contribution < -0.4 is 9.80 Å². The Morgan fingerprint density at radius 2 is 1.18 bits per heavy atom. The molecular formula is C57H66Cl2F2N12. The lowest BCUT2D eigenvalue weighted by molar-refractivity contribution is 0.153. The van der Waals surface area contributed by atoms with E-state index in [9.17, 15) is 19.3 Å². The molecule has 0 spiro atoms. The summed E-state index contributed by atoms with van der Waals surface area (Å²) in [7, 11) is 6.39. The van der Waals surface area contributed by atoms with Crippen LogP contribution in [0.4, 0.5) is 20.7 Å². The van der Waals surface area contributed by atoms with E-state index in [-0.39, 0.29) is 20.9 Å². The van der Waals surface area contributed by atoms with Crippen LogP contribution in [0.25, 0.3) is 22.1 Å². The lowest BCUT2D eigenvalue weighted by atomic mass is 9.92. The molecule has 4 saturated carbocycles. The molecule has 2 aromatic heterocycles. The van der Waals surface area contributed by atoms with Crippen molar-refractivity contribution >= 4 is 57.2 Å². The van der Waals surface area contributed by atoms with Crippen LogP contribution in [0.1, 0.15) is 73.6 Å². The SMILES string of the molecule is CN1CCN(CCCN(c2nc3cc(Cl)c(F)cc3[nH]2)[C@@H]2CC[C@]3(c4cccc(C#N)c4)CC23)CC1.CN1CCN(CCCN(c2nc3cc(F)c(Cl)cc3n2C)[C@@H]2CC[C@]3(c4cccc(C#N)c4)CC23)CC1. The number of hydrogen-bond acceptors (Lipinski definition) is 10. The quantitative estimate of drug-likeness (QED) is 0.113. The number of halogens is 4. The molecule has 6 aliphatic rings. The van der Waals surface area contributed by atoms with Crippen LogP contribution in [0.5, 0.6) is 0 Å². The third-order valence-corrected chi connectivity index (χ3v) is 18.4. The number of anilines is 2. The average molecular weight is 1030 g/mol. The summed E-state index contributed by atoms with van der Waals surface area (Å²) >= 11 is 12.2. The van der Waals surface area contributed by atoms with E-state index < -0.39 is 11.6 Å². The maximum absolute atomic E-state index is 14.3. The molecule has 2 saturated heterocycles. The van der Waals surface area contributed by atoms with Crippen molar-refractivity contribution in [1.29, 1.82) is 10.5 Å². The standard InChI is InChI=1S/C29H34ClFN6.C28H32ClFN6/c1-34-11-13-36(14-12-34)9-4-10-37(28-33-25-17-24(31)23(30)16-27(25)35(28)2)26-7-8-29(18-22(26)29)21-6-3-5-20(15-21)19-32;1-34-10-12-35(13-11-34)8-3-9-36(27-32-24-15-22(29)23(30)16-25(24)33-27)26-6-7-28(17-21(26)28)20-5-2-4-19(14-20)18-31/h3,5-6,15-17,22,26H,4,7-14,18H2,1-2H3;2,4-5,14-16,21,26H,3,6-13,17H2,1H3,(H,32,33)/t22?,26-,29-;21?,26-,28-/m11/s1. The van der Waals surface area contributed by atoms with Gasteiger partial charge < -0.3 is 39.0 Å². The Morgan fingerprint density at radius 3 is 1.73 bits per heavy atom. The Labute approximate surface area is 438 Å². The van der Waals surface area contributed by atoms with E-state index >= 15 is 0 Å². The monoisotopic (exact) mass is 1030 g/mol. The maximum atomic E-state index is 14.3. The van der Waals surface area contributed by atoms with E-state index in [4.69, 9.17) is 33.2 Å². The van der Waals surface area contributed by atoms with Crippen LogP contribution in [0, 0.1) is 46.1 Å². The van der Waals surface area contributed by atoms with Crippen molar-refractivity contribution in [2.75, 3.05) is 102 Å². The Morgan fingerprint density at radius 1 is 0.658 bits per heavy atom. The van der Waals surface area contributed by atoms with Crippen molar-refractivity contribution < 1.29 is 8.78 Å². The number of aromatic amines is 1. The molecule has 0 amide bonds. The highest BCUT2D eigenvalue weighted by Crippen LogP contribution is 2.67. The summed E-state index contributed by atoms with van der Waals surface area (Å²) < 4.78 is 30.5. The number of nitrogens with zero attached hydrogens (tertiary/aromatic N) is 11. The highest BCUT2D eigenvalue weighted by Gasteiger charge is 2.65. The summed E-state index contributed by atoms with van der Waals surface area (Å²) in [4.78, 5) is 28.0. The van der Waals surface area contributed by atoms with E-state index in [1.54, 1.807) is 12.1 Å². The second-order valence-corrected chi connectivity index (χ2v) is 22.8. The van der Waals surface area contributed by atoms with Gasteiger partial charge in [-0.25, -0.2) is 18.7 Å². The number of benzene rings is 4. The first kappa shape index (κ1) is 49.9. The second-order valence-electron chi connectivity index (χ2n) is 22.0. The first-order valence-electron chi connectivity index (χ1n) is 26.4. The van der Waals surface area contributed by atoms with Gasteiger partial charge in [0, 0.05) is 108 Å². The van der Waals surface area contributed by atoms with E-state index in [0.717, 1.165) is 158 Å². The van der Waals surface area contributed by atoms with Crippen molar-refractivity contribution in [3.63, 3.8) is 0 Å². The molecule has 12 nitrogen and oxygen atoms in total. The molecule has 4 heterocycles. The molecule has 6 fully saturated rings. The van der Waals surface area contributed by atoms with Gasteiger partial charge in [0.25, 0.3) is 0 Å². The summed E-state index contributed by atoms with van der Waals surface area (Å²) in [5.41, 5.74) is 7.26. The van der Waals surface area contributed by atoms with E-state index in [2.05, 4.69) is 89.4 Å². The van der Waals surface area contributed by atoms with Gasteiger partial charge >= 0.3 is 0 Å². The minimum Gasteiger partial charge on any atom is -0.339 e. The average Bonchev–Trinajstić information content (AvgIpc) is 4.09. The van der Waals surface area contributed by atoms with Crippen LogP contribution in [0.15, 0.2) is 72.8 Å². The van der Waals surface area contributed by atoms with Gasteiger partial charge in [-0.05, 0) is 138 Å². The van der Waals surface area contributed by atoms with Crippen molar-refractivity contribution in [2.45, 2.75) is 74.3 Å². The third-order valence-electron chi connectivity index (χ3n) is 17.8. The predicted molar refractivity (Wildman–Crippen MR) is 286 cm³/mol. The van der Waals surface area contributed by atoms with Crippen LogP contribution in [-0.4, -0.2) is 144 Å². The van der Waals surface area contributed by atoms with Crippen molar-refractivity contribution in [2.24, 2.45) is 18.9 Å². The molecule has 0 bridgehead atoms. The summed E-state index contributed by atoms with van der Waals surface area (Å²) in [6.45, 7) is 12.9. The molecular weight excluding hydrogens is 962 g/mol. The number of fused-ring (bicyclic) bond motifs is 4. The number of aromatic nitrogens is 4. The fourth-order valence-electron chi connectivity index (χ4n) is 13.4. The highest BCUT2D eigenvalue weighted by molar-refractivity contribution is 6.31. The van der Waals surface area contributed by atoms with Gasteiger partial charge in [-0.15, -0.1) is 0 Å². The number of imidazole rings is 2. The molecule has 12 rings (SSSR count). The maximum Gasteiger partial charge on any atom is 0.206 e. The first-order chi connectivity index (χ1) is 35.4. The molecule has 16 heteroatoms. The summed E-state index contributed by atoms with van der Waals surface area (Å²) in [5, 5.41) is 19.1. The summed E-state index contributed by atoms with van der Waals surface area (Å²) in [5.74, 6) is 1.91. The molecule has 4 aliphatic carbocycles. The fourth-order valence-corrected chi connectivity index (χ4v) is 13.7. The van der Waals surface area contributed by atoms with Crippen LogP contribution >= 0.6 is 23.2 Å². The van der Waals surface area contributed by atoms with Gasteiger partial charge in [0.1, 0.15) is 11.6 Å². The minimum absolute atomic E-state index is 0.0987. The van der Waals surface area contributed by atoms with Crippen molar-refractivity contribution in [3.8, 4) is 12.1 Å². The van der Waals surface area contributed by atoms with E-state index in [1.807, 2.05) is 31.3 Å². The number of rotatable bonds is 14. The normalized spacial score (nSPS) is 26.0. The van der Waals surface area contributed by atoms with Gasteiger partial charge in [0.2, 0.25) is 11.9 Å². The first-order valence-corrected chi connectivity index (χ1v) is 27.1. The fraction of sp³-hybridized carbons (Fsp3) is 0.509. The highest BCUT2D eigenvalue weighted by atomic mass is 35.5. The molecule has 6 aromatic rings. The number of likely N-dealkylation sites (N-methyl/N-ethyl adjacent to an activating group) is 2. The van der Waals surface area contributed by atoms with Gasteiger partial charge in [-0.2, -0.15) is 10.5 Å². The number of nitriles is 2. The lowest BCUT2D eigenvalue weighted by Crippen LogP contribution is -2.45. The predicted octanol–water partition coefficient (Wildman–Crippen LogP) is 9.59. The van der Waals surface area contributed by atoms with E-state index in [0.29, 0.717) is 40.5 Å². The third kappa shape index (κ3) is 9.80. The van der Waals surface area contributed by atoms with Crippen molar-refractivity contribution in [1.82, 2.24) is 39.1 Å². The minimum atomic E-state index is -0.431. The number of aryl methyl sites for hydroxylation is 1. The number of H-pyrrole nitrogens is 1. The Bertz CT molecular complexity index is 3040. The zero-order chi connectivity index (χ0) is 50.6. The molecule has 73 heavy (non-hydrogen) atoms. The molecule has 1 N–H and O–H groups in total. The van der Waals surface area contributed by atoms with Crippen LogP contribution in [-0.2, 0) is 17.9 Å². The molecule has 2 unspecified atom stereocenters. The summed E-state index contributed by atoms with van der Waals surface area (Å²) in [6.07, 6.45) is 8.81. The van der Waals surface area contributed by atoms with Gasteiger partial charge in [0.15, 0.2) is 0 Å². The van der Waals surface area contributed by atoms with Crippen LogP contribution in [0.2, 0.25) is 10.0 Å². The molecule has 6 atom stereocenters. The van der Waals surface area contributed by atoms with Gasteiger partial charge in [-0.3, -0.25) is 0 Å². The molecule has 2 aliphatic heterocycles. The smallest absolute Gasteiger partial charge is 0.206 e. The zero-order valence-corrected chi connectivity index (χ0v) is 43.8. The molecule has 0 radical (unpaired) electrons. The Balaban J connectivity index is 0.000000157. The van der Waals surface area contributed by atoms with E-state index in [1.165, 1.54) is 23.3 Å². The Kier molecular flexibility index (Phi) is 14.0. The number of hydrogen-bond donors (Lipinski definition) is 1. The zero-order valence-electron chi connectivity index (χ0n) is 42.3. The largest absolute Gasteiger partial charge is 0.339 e. The Hall–Kier alpha value is -5.32. The van der Waals surface area contributed by atoms with Crippen molar-refractivity contribution in [3.05, 3.63) is 117 Å². The van der Waals surface area contributed by atoms with Gasteiger partial charge in [-0.1, -0.05) is 47.5 Å². The lowest BCUT2D eigenvalue weighted by Gasteiger charge is -2.34. The number of piperazine rings is 2. The molecule has 382 valence electrons. The topological polar surface area (TPSA) is 114 Å². The second kappa shape index (κ2) is 20.4. The molecule has 4 aromatic carbocycles. The van der Waals surface area contributed by atoms with Crippen LogP contribution in [0.3, 0.4) is 0 Å². The summed E-state index contributed by atoms with van der Waals surface area (Å²) in [6, 6.07) is 27.9. The number of nitrogens with one attached hydrogen (secondary N) is 1.